The molecule has 1 amide bonds. The van der Waals surface area contributed by atoms with E-state index in [4.69, 9.17) is 4.74 Å². The second kappa shape index (κ2) is 10.9. The zero-order chi connectivity index (χ0) is 21.5. The van der Waals surface area contributed by atoms with Gasteiger partial charge in [-0.3, -0.25) is 4.79 Å². The Balaban J connectivity index is 1.65. The number of likely N-dealkylation sites (tertiary alicyclic amines) is 1. The molecule has 5 nitrogen and oxygen atoms in total. The number of rotatable bonds is 9. The third-order valence-electron chi connectivity index (χ3n) is 5.90. The number of piperidine rings is 1. The summed E-state index contributed by atoms with van der Waals surface area (Å²) in [5, 5.41) is 0.886. The number of amides is 1. The lowest BCUT2D eigenvalue weighted by Crippen LogP contribution is -2.40. The highest BCUT2D eigenvalue weighted by Gasteiger charge is 2.23. The van der Waals surface area contributed by atoms with E-state index in [0.717, 1.165) is 46.4 Å². The van der Waals surface area contributed by atoms with Gasteiger partial charge in [-0.1, -0.05) is 6.42 Å². The lowest BCUT2D eigenvalue weighted by Gasteiger charge is -2.33. The number of ether oxygens (including phenoxy) is 1. The zero-order valence-corrected chi connectivity index (χ0v) is 19.6. The minimum Gasteiger partial charge on any atom is -0.494 e. The molecule has 1 saturated heterocycles. The normalized spacial score (nSPS) is 15.7. The number of carbonyl (C=O) groups excluding carboxylic acids is 1. The molecular weight excluding hydrogens is 394 g/mol. The van der Waals surface area contributed by atoms with Gasteiger partial charge in [0.2, 0.25) is 0 Å². The minimum atomic E-state index is 0.107. The number of thiazole rings is 1. The van der Waals surface area contributed by atoms with E-state index in [1.807, 2.05) is 43.0 Å². The van der Waals surface area contributed by atoms with Crippen molar-refractivity contribution in [2.45, 2.75) is 59.4 Å². The van der Waals surface area contributed by atoms with Crippen LogP contribution in [0.3, 0.4) is 0 Å². The molecule has 0 spiro atoms. The van der Waals surface area contributed by atoms with Gasteiger partial charge >= 0.3 is 0 Å². The molecule has 1 aliphatic rings. The highest BCUT2D eigenvalue weighted by atomic mass is 32.1. The van der Waals surface area contributed by atoms with Crippen LogP contribution in [0.4, 0.5) is 0 Å². The maximum Gasteiger partial charge on any atom is 0.265 e. The van der Waals surface area contributed by atoms with Crippen LogP contribution in [0.2, 0.25) is 0 Å². The van der Waals surface area contributed by atoms with Crippen LogP contribution in [0, 0.1) is 6.92 Å². The monoisotopic (exact) mass is 429 g/mol. The summed E-state index contributed by atoms with van der Waals surface area (Å²) in [7, 11) is 0. The molecule has 0 bridgehead atoms. The van der Waals surface area contributed by atoms with Crippen molar-refractivity contribution in [1.82, 2.24) is 14.8 Å². The van der Waals surface area contributed by atoms with Gasteiger partial charge in [0.05, 0.1) is 12.3 Å². The highest BCUT2D eigenvalue weighted by Crippen LogP contribution is 2.30. The van der Waals surface area contributed by atoms with Gasteiger partial charge in [-0.05, 0) is 84.3 Å². The first-order valence-electron chi connectivity index (χ1n) is 11.3. The van der Waals surface area contributed by atoms with Crippen molar-refractivity contribution in [1.29, 1.82) is 0 Å². The Morgan fingerprint density at radius 3 is 2.53 bits per heavy atom. The Labute approximate surface area is 185 Å². The fraction of sp³-hybridized carbons (Fsp3) is 0.583. The molecule has 0 radical (unpaired) electrons. The number of benzene rings is 1. The average Bonchev–Trinajstić information content (AvgIpc) is 3.16. The van der Waals surface area contributed by atoms with Crippen LogP contribution in [0.25, 0.3) is 10.6 Å². The second-order valence-corrected chi connectivity index (χ2v) is 9.01. The van der Waals surface area contributed by atoms with Crippen molar-refractivity contribution in [2.75, 3.05) is 32.8 Å². The Bertz CT molecular complexity index is 812. The molecular formula is C24H35N3O2S. The minimum absolute atomic E-state index is 0.107. The first-order chi connectivity index (χ1) is 14.5. The molecule has 1 aliphatic heterocycles. The summed E-state index contributed by atoms with van der Waals surface area (Å²) in [4.78, 5) is 23.2. The van der Waals surface area contributed by atoms with Gasteiger partial charge in [0.1, 0.15) is 15.6 Å². The SMILES string of the molecule is CCOc1ccc(-c2nc(C)c(C(=O)N(CC)CCC(C)N3CCCCC3)s2)cc1. The third-order valence-corrected chi connectivity index (χ3v) is 7.10. The van der Waals surface area contributed by atoms with Crippen LogP contribution in [-0.2, 0) is 0 Å². The van der Waals surface area contributed by atoms with E-state index in [1.54, 1.807) is 0 Å². The lowest BCUT2D eigenvalue weighted by atomic mass is 10.1. The highest BCUT2D eigenvalue weighted by molar-refractivity contribution is 7.17. The molecule has 0 saturated carbocycles. The van der Waals surface area contributed by atoms with Crippen LogP contribution in [0.1, 0.15) is 61.8 Å². The van der Waals surface area contributed by atoms with E-state index in [-0.39, 0.29) is 5.91 Å². The zero-order valence-electron chi connectivity index (χ0n) is 18.8. The molecule has 164 valence electrons. The van der Waals surface area contributed by atoms with Gasteiger partial charge in [0, 0.05) is 24.7 Å². The largest absolute Gasteiger partial charge is 0.494 e. The van der Waals surface area contributed by atoms with Gasteiger partial charge in [-0.2, -0.15) is 0 Å². The fourth-order valence-electron chi connectivity index (χ4n) is 4.01. The fourth-order valence-corrected chi connectivity index (χ4v) is 5.05. The molecule has 6 heteroatoms. The molecule has 2 aromatic rings. The Hall–Kier alpha value is -1.92. The summed E-state index contributed by atoms with van der Waals surface area (Å²) >= 11 is 1.49. The molecule has 0 aliphatic carbocycles. The van der Waals surface area contributed by atoms with Crippen molar-refractivity contribution in [2.24, 2.45) is 0 Å². The summed E-state index contributed by atoms with van der Waals surface area (Å²) in [6.07, 6.45) is 4.97. The van der Waals surface area contributed by atoms with Gasteiger partial charge in [0.15, 0.2) is 0 Å². The summed E-state index contributed by atoms with van der Waals surface area (Å²) in [5.41, 5.74) is 1.84. The molecule has 0 N–H and O–H groups in total. The van der Waals surface area contributed by atoms with Crippen LogP contribution < -0.4 is 4.74 Å². The van der Waals surface area contributed by atoms with Crippen molar-refractivity contribution >= 4 is 17.2 Å². The van der Waals surface area contributed by atoms with E-state index in [2.05, 4.69) is 23.7 Å². The van der Waals surface area contributed by atoms with E-state index in [0.29, 0.717) is 12.6 Å². The van der Waals surface area contributed by atoms with Gasteiger partial charge in [-0.25, -0.2) is 4.98 Å². The third kappa shape index (κ3) is 5.61. The molecule has 1 fully saturated rings. The Morgan fingerprint density at radius 1 is 1.20 bits per heavy atom. The summed E-state index contributed by atoms with van der Waals surface area (Å²) in [5.74, 6) is 0.960. The average molecular weight is 430 g/mol. The summed E-state index contributed by atoms with van der Waals surface area (Å²) in [6, 6.07) is 8.45. The Kier molecular flexibility index (Phi) is 8.28. The Morgan fingerprint density at radius 2 is 1.90 bits per heavy atom. The summed E-state index contributed by atoms with van der Waals surface area (Å²) < 4.78 is 5.52. The quantitative estimate of drug-likeness (QED) is 0.547. The van der Waals surface area contributed by atoms with E-state index in [9.17, 15) is 4.79 Å². The first-order valence-corrected chi connectivity index (χ1v) is 12.1. The van der Waals surface area contributed by atoms with Crippen molar-refractivity contribution in [3.05, 3.63) is 34.8 Å². The van der Waals surface area contributed by atoms with Crippen molar-refractivity contribution in [3.8, 4) is 16.3 Å². The first kappa shape index (κ1) is 22.8. The number of nitrogens with zero attached hydrogens (tertiary/aromatic N) is 3. The van der Waals surface area contributed by atoms with E-state index >= 15 is 0 Å². The maximum absolute atomic E-state index is 13.2. The van der Waals surface area contributed by atoms with Crippen LogP contribution >= 0.6 is 11.3 Å². The molecule has 1 aromatic heterocycles. The van der Waals surface area contributed by atoms with Gasteiger partial charge < -0.3 is 14.5 Å². The smallest absolute Gasteiger partial charge is 0.265 e. The predicted octanol–water partition coefficient (Wildman–Crippen LogP) is 5.24. The maximum atomic E-state index is 13.2. The van der Waals surface area contributed by atoms with E-state index in [1.165, 1.54) is 43.7 Å². The van der Waals surface area contributed by atoms with Gasteiger partial charge in [0.25, 0.3) is 5.91 Å². The topological polar surface area (TPSA) is 45.7 Å². The van der Waals surface area contributed by atoms with E-state index < -0.39 is 0 Å². The lowest BCUT2D eigenvalue weighted by molar-refractivity contribution is 0.0743. The molecule has 3 rings (SSSR count). The predicted molar refractivity (Wildman–Crippen MR) is 125 cm³/mol. The van der Waals surface area contributed by atoms with Crippen LogP contribution in [0.5, 0.6) is 5.75 Å². The molecule has 2 heterocycles. The second-order valence-electron chi connectivity index (χ2n) is 8.01. The molecule has 1 atom stereocenters. The molecule has 30 heavy (non-hydrogen) atoms. The number of carbonyl (C=O) groups is 1. The van der Waals surface area contributed by atoms with Crippen LogP contribution in [0.15, 0.2) is 24.3 Å². The van der Waals surface area contributed by atoms with Gasteiger partial charge in [-0.15, -0.1) is 11.3 Å². The standard InChI is InChI=1S/C24H35N3O2S/c1-5-26(17-14-18(3)27-15-8-7-9-16-27)24(28)22-19(4)25-23(30-22)20-10-12-21(13-11-20)29-6-2/h10-13,18H,5-9,14-17H2,1-4H3. The van der Waals surface area contributed by atoms with Crippen LogP contribution in [-0.4, -0.2) is 59.5 Å². The summed E-state index contributed by atoms with van der Waals surface area (Å²) in [6.45, 7) is 12.8. The number of hydrogen-bond acceptors (Lipinski definition) is 5. The number of aryl methyl sites for hydroxylation is 1. The van der Waals surface area contributed by atoms with Crippen molar-refractivity contribution in [3.63, 3.8) is 0 Å². The number of hydrogen-bond donors (Lipinski definition) is 0. The molecule has 1 aromatic carbocycles. The van der Waals surface area contributed by atoms with Crippen molar-refractivity contribution < 1.29 is 9.53 Å². The molecule has 1 unspecified atom stereocenters. The number of aromatic nitrogens is 1.